The summed E-state index contributed by atoms with van der Waals surface area (Å²) in [4.78, 5) is 6.96. The molecule has 1 unspecified atom stereocenters. The van der Waals surface area contributed by atoms with Gasteiger partial charge in [0.05, 0.1) is 7.11 Å². The minimum Gasteiger partial charge on any atom is -0.496 e. The SMILES string of the molecule is COc1cccc2c(N3CCCC(CCl)C3)nccc12. The Morgan fingerprint density at radius 3 is 3.05 bits per heavy atom. The maximum Gasteiger partial charge on any atom is 0.136 e. The fraction of sp³-hybridized carbons (Fsp3) is 0.438. The predicted octanol–water partition coefficient (Wildman–Crippen LogP) is 3.70. The first-order valence-electron chi connectivity index (χ1n) is 7.06. The van der Waals surface area contributed by atoms with Crippen LogP contribution >= 0.6 is 11.6 Å². The maximum atomic E-state index is 6.03. The van der Waals surface area contributed by atoms with Crippen LogP contribution in [0.5, 0.6) is 5.75 Å². The van der Waals surface area contributed by atoms with Crippen LogP contribution < -0.4 is 9.64 Å². The molecule has 1 saturated heterocycles. The molecule has 2 heterocycles. The number of rotatable bonds is 3. The van der Waals surface area contributed by atoms with Crippen LogP contribution in [0.2, 0.25) is 0 Å². The van der Waals surface area contributed by atoms with Gasteiger partial charge in [-0.15, -0.1) is 11.6 Å². The van der Waals surface area contributed by atoms with E-state index in [2.05, 4.69) is 16.0 Å². The first-order chi connectivity index (χ1) is 9.83. The largest absolute Gasteiger partial charge is 0.496 e. The van der Waals surface area contributed by atoms with Crippen molar-refractivity contribution in [2.24, 2.45) is 5.92 Å². The van der Waals surface area contributed by atoms with Gasteiger partial charge in [0, 0.05) is 35.9 Å². The van der Waals surface area contributed by atoms with Crippen molar-refractivity contribution in [3.63, 3.8) is 0 Å². The number of benzene rings is 1. The van der Waals surface area contributed by atoms with E-state index < -0.39 is 0 Å². The molecule has 1 aliphatic heterocycles. The molecule has 0 radical (unpaired) electrons. The van der Waals surface area contributed by atoms with Gasteiger partial charge >= 0.3 is 0 Å². The number of piperidine rings is 1. The van der Waals surface area contributed by atoms with Crippen LogP contribution in [-0.2, 0) is 0 Å². The third-order valence-corrected chi connectivity index (χ3v) is 4.44. The molecule has 3 nitrogen and oxygen atoms in total. The van der Waals surface area contributed by atoms with Crippen molar-refractivity contribution in [3.8, 4) is 5.75 Å². The smallest absolute Gasteiger partial charge is 0.136 e. The van der Waals surface area contributed by atoms with Crippen molar-refractivity contribution in [2.75, 3.05) is 31.0 Å². The summed E-state index contributed by atoms with van der Waals surface area (Å²) in [6.07, 6.45) is 4.26. The fourth-order valence-corrected chi connectivity index (χ4v) is 3.23. The van der Waals surface area contributed by atoms with Crippen molar-refractivity contribution in [1.29, 1.82) is 0 Å². The number of anilines is 1. The molecule has 1 atom stereocenters. The summed E-state index contributed by atoms with van der Waals surface area (Å²) < 4.78 is 5.44. The molecule has 2 aromatic rings. The monoisotopic (exact) mass is 290 g/mol. The second kappa shape index (κ2) is 5.88. The van der Waals surface area contributed by atoms with Gasteiger partial charge in [0.25, 0.3) is 0 Å². The molecule has 1 fully saturated rings. The molecule has 20 heavy (non-hydrogen) atoms. The van der Waals surface area contributed by atoms with Crippen molar-refractivity contribution >= 4 is 28.2 Å². The number of hydrogen-bond donors (Lipinski definition) is 0. The average molecular weight is 291 g/mol. The lowest BCUT2D eigenvalue weighted by Gasteiger charge is -2.33. The van der Waals surface area contributed by atoms with E-state index in [1.54, 1.807) is 7.11 Å². The van der Waals surface area contributed by atoms with Gasteiger partial charge in [0.2, 0.25) is 0 Å². The molecule has 1 aliphatic rings. The number of aromatic nitrogens is 1. The quantitative estimate of drug-likeness (QED) is 0.806. The van der Waals surface area contributed by atoms with E-state index in [1.165, 1.54) is 12.8 Å². The molecule has 0 saturated carbocycles. The summed E-state index contributed by atoms with van der Waals surface area (Å²) >= 11 is 6.03. The Morgan fingerprint density at radius 2 is 2.25 bits per heavy atom. The first kappa shape index (κ1) is 13.5. The van der Waals surface area contributed by atoms with Crippen molar-refractivity contribution in [2.45, 2.75) is 12.8 Å². The highest BCUT2D eigenvalue weighted by Gasteiger charge is 2.21. The summed E-state index contributed by atoms with van der Waals surface area (Å²) in [6.45, 7) is 2.05. The van der Waals surface area contributed by atoms with Gasteiger partial charge in [-0.25, -0.2) is 4.98 Å². The highest BCUT2D eigenvalue weighted by atomic mass is 35.5. The van der Waals surface area contributed by atoms with Crippen molar-refractivity contribution < 1.29 is 4.74 Å². The fourth-order valence-electron chi connectivity index (χ4n) is 2.98. The van der Waals surface area contributed by atoms with Crippen LogP contribution in [0.15, 0.2) is 30.5 Å². The van der Waals surface area contributed by atoms with Crippen molar-refractivity contribution in [3.05, 3.63) is 30.5 Å². The first-order valence-corrected chi connectivity index (χ1v) is 7.59. The normalized spacial score (nSPS) is 19.3. The van der Waals surface area contributed by atoms with Gasteiger partial charge < -0.3 is 9.64 Å². The standard InChI is InChI=1S/C16H19ClN2O/c1-20-15-6-2-5-14-13(15)7-8-18-16(14)19-9-3-4-12(10-17)11-19/h2,5-8,12H,3-4,9-11H2,1H3. The van der Waals surface area contributed by atoms with Crippen LogP contribution in [0, 0.1) is 5.92 Å². The molecule has 3 rings (SSSR count). The van der Waals surface area contributed by atoms with Gasteiger partial charge in [0.1, 0.15) is 11.6 Å². The summed E-state index contributed by atoms with van der Waals surface area (Å²) in [6, 6.07) is 8.14. The lowest BCUT2D eigenvalue weighted by Crippen LogP contribution is -2.36. The third kappa shape index (κ3) is 2.42. The molecule has 106 valence electrons. The molecule has 0 amide bonds. The number of alkyl halides is 1. The Kier molecular flexibility index (Phi) is 3.97. The van der Waals surface area contributed by atoms with Gasteiger partial charge in [-0.3, -0.25) is 0 Å². The lowest BCUT2D eigenvalue weighted by molar-refractivity contribution is 0.419. The van der Waals surface area contributed by atoms with Crippen LogP contribution in [0.1, 0.15) is 12.8 Å². The Bertz CT molecular complexity index is 602. The predicted molar refractivity (Wildman–Crippen MR) is 84.0 cm³/mol. The van der Waals surface area contributed by atoms with E-state index in [9.17, 15) is 0 Å². The summed E-state index contributed by atoms with van der Waals surface area (Å²) in [5, 5.41) is 2.27. The molecule has 1 aromatic carbocycles. The molecule has 4 heteroatoms. The number of pyridine rings is 1. The number of fused-ring (bicyclic) bond motifs is 1. The second-order valence-electron chi connectivity index (χ2n) is 5.30. The Morgan fingerprint density at radius 1 is 1.35 bits per heavy atom. The molecule has 1 aromatic heterocycles. The van der Waals surface area contributed by atoms with E-state index in [1.807, 2.05) is 24.4 Å². The van der Waals surface area contributed by atoms with Gasteiger partial charge in [0.15, 0.2) is 0 Å². The van der Waals surface area contributed by atoms with Crippen LogP contribution in [0.4, 0.5) is 5.82 Å². The van der Waals surface area contributed by atoms with Crippen LogP contribution in [0.25, 0.3) is 10.8 Å². The number of hydrogen-bond acceptors (Lipinski definition) is 3. The molecule has 0 N–H and O–H groups in total. The highest BCUT2D eigenvalue weighted by Crippen LogP contribution is 2.32. The lowest BCUT2D eigenvalue weighted by atomic mass is 9.99. The van der Waals surface area contributed by atoms with Crippen LogP contribution in [-0.4, -0.2) is 31.1 Å². The third-order valence-electron chi connectivity index (χ3n) is 4.00. The summed E-state index contributed by atoms with van der Waals surface area (Å²) in [7, 11) is 1.71. The van der Waals surface area contributed by atoms with E-state index >= 15 is 0 Å². The van der Waals surface area contributed by atoms with Gasteiger partial charge in [-0.05, 0) is 30.9 Å². The average Bonchev–Trinajstić information content (AvgIpc) is 2.53. The number of ether oxygens (including phenoxy) is 1. The summed E-state index contributed by atoms with van der Waals surface area (Å²) in [5.74, 6) is 3.24. The van der Waals surface area contributed by atoms with E-state index in [0.717, 1.165) is 41.3 Å². The van der Waals surface area contributed by atoms with E-state index in [-0.39, 0.29) is 0 Å². The molecular formula is C16H19ClN2O. The van der Waals surface area contributed by atoms with Gasteiger partial charge in [-0.2, -0.15) is 0 Å². The number of methoxy groups -OCH3 is 1. The number of halogens is 1. The second-order valence-corrected chi connectivity index (χ2v) is 5.61. The summed E-state index contributed by atoms with van der Waals surface area (Å²) in [5.41, 5.74) is 0. The molecule has 0 spiro atoms. The topological polar surface area (TPSA) is 25.4 Å². The zero-order valence-corrected chi connectivity index (χ0v) is 12.4. The Hall–Kier alpha value is -1.48. The zero-order valence-electron chi connectivity index (χ0n) is 11.7. The number of nitrogens with zero attached hydrogens (tertiary/aromatic N) is 2. The van der Waals surface area contributed by atoms with E-state index in [4.69, 9.17) is 16.3 Å². The molecular weight excluding hydrogens is 272 g/mol. The minimum absolute atomic E-state index is 0.563. The Labute approximate surface area is 124 Å². The Balaban J connectivity index is 2.03. The van der Waals surface area contributed by atoms with Crippen LogP contribution in [0.3, 0.4) is 0 Å². The zero-order chi connectivity index (χ0) is 13.9. The minimum atomic E-state index is 0.563. The maximum absolute atomic E-state index is 6.03. The molecule has 0 aliphatic carbocycles. The highest BCUT2D eigenvalue weighted by molar-refractivity contribution is 6.18. The van der Waals surface area contributed by atoms with Crippen molar-refractivity contribution in [1.82, 2.24) is 4.98 Å². The van der Waals surface area contributed by atoms with Gasteiger partial charge in [-0.1, -0.05) is 12.1 Å². The molecule has 0 bridgehead atoms. The van der Waals surface area contributed by atoms with E-state index in [0.29, 0.717) is 5.92 Å².